The van der Waals surface area contributed by atoms with Crippen molar-refractivity contribution in [2.45, 2.75) is 13.1 Å². The Morgan fingerprint density at radius 1 is 0.900 bits per heavy atom. The zero-order chi connectivity index (χ0) is 21.3. The highest BCUT2D eigenvalue weighted by Crippen LogP contribution is 2.18. The Hall–Kier alpha value is -3.71. The zero-order valence-corrected chi connectivity index (χ0v) is 16.5. The topological polar surface area (TPSA) is 93.9 Å². The van der Waals surface area contributed by atoms with E-state index in [0.717, 1.165) is 5.56 Å². The van der Waals surface area contributed by atoms with Gasteiger partial charge in [-0.2, -0.15) is 0 Å². The summed E-state index contributed by atoms with van der Waals surface area (Å²) in [5.41, 5.74) is 1.89. The maximum Gasteiger partial charge on any atom is 0.269 e. The normalized spacial score (nSPS) is 11.0. The third-order valence-electron chi connectivity index (χ3n) is 4.96. The number of benzene rings is 3. The van der Waals surface area contributed by atoms with E-state index in [0.29, 0.717) is 28.0 Å². The fourth-order valence-electron chi connectivity index (χ4n) is 3.40. The van der Waals surface area contributed by atoms with Crippen LogP contribution >= 0.6 is 11.6 Å². The standard InChI is InChI=1S/C22H17ClN4O3/c23-19-7-3-1-5-16(19)14-25-20-8-4-2-6-18(20)21(28)26(22(25)24)13-15-9-11-17(12-10-15)27(29)30/h1-12,24H,13-14H2. The molecule has 0 saturated heterocycles. The van der Waals surface area contributed by atoms with Crippen molar-refractivity contribution in [3.63, 3.8) is 0 Å². The Bertz CT molecular complexity index is 1370. The van der Waals surface area contributed by atoms with Gasteiger partial charge in [0.15, 0.2) is 0 Å². The molecule has 0 aliphatic rings. The van der Waals surface area contributed by atoms with Crippen LogP contribution in [0.5, 0.6) is 0 Å². The Morgan fingerprint density at radius 3 is 2.27 bits per heavy atom. The van der Waals surface area contributed by atoms with Crippen LogP contribution in [0.15, 0.2) is 77.6 Å². The van der Waals surface area contributed by atoms with Crippen LogP contribution in [0.3, 0.4) is 0 Å². The smallest absolute Gasteiger partial charge is 0.269 e. The number of nitro groups is 1. The molecular formula is C22H17ClN4O3. The number of non-ortho nitro benzene ring substituents is 1. The molecule has 1 N–H and O–H groups in total. The minimum absolute atomic E-state index is 0.0236. The van der Waals surface area contributed by atoms with E-state index in [1.54, 1.807) is 34.9 Å². The Balaban J connectivity index is 1.86. The molecule has 0 fully saturated rings. The van der Waals surface area contributed by atoms with E-state index in [2.05, 4.69) is 0 Å². The summed E-state index contributed by atoms with van der Waals surface area (Å²) in [6, 6.07) is 20.5. The molecular weight excluding hydrogens is 404 g/mol. The van der Waals surface area contributed by atoms with Crippen molar-refractivity contribution < 1.29 is 4.92 Å². The van der Waals surface area contributed by atoms with Gasteiger partial charge < -0.3 is 4.57 Å². The molecule has 0 amide bonds. The van der Waals surface area contributed by atoms with Crippen LogP contribution in [0.1, 0.15) is 11.1 Å². The molecule has 3 aromatic carbocycles. The number of hydrogen-bond donors (Lipinski definition) is 1. The second kappa shape index (κ2) is 7.96. The molecule has 7 nitrogen and oxygen atoms in total. The van der Waals surface area contributed by atoms with Gasteiger partial charge in [-0.3, -0.25) is 24.9 Å². The second-order valence-electron chi connectivity index (χ2n) is 6.83. The van der Waals surface area contributed by atoms with Crippen LogP contribution in [-0.4, -0.2) is 14.1 Å². The van der Waals surface area contributed by atoms with Crippen LogP contribution in [-0.2, 0) is 13.1 Å². The molecule has 4 rings (SSSR count). The lowest BCUT2D eigenvalue weighted by Gasteiger charge is -2.16. The molecule has 8 heteroatoms. The largest absolute Gasteiger partial charge is 0.307 e. The molecule has 0 aliphatic heterocycles. The molecule has 0 bridgehead atoms. The minimum Gasteiger partial charge on any atom is -0.307 e. The van der Waals surface area contributed by atoms with Crippen molar-refractivity contribution in [1.82, 2.24) is 9.13 Å². The van der Waals surface area contributed by atoms with Crippen molar-refractivity contribution in [3.05, 3.63) is 115 Å². The molecule has 1 heterocycles. The SMILES string of the molecule is N=c1n(Cc2ccc([N+](=O)[O-])cc2)c(=O)c2ccccc2n1Cc1ccccc1Cl. The summed E-state index contributed by atoms with van der Waals surface area (Å²) in [6.07, 6.45) is 0. The average Bonchev–Trinajstić information content (AvgIpc) is 2.75. The first-order valence-corrected chi connectivity index (χ1v) is 9.57. The number of halogens is 1. The highest BCUT2D eigenvalue weighted by atomic mass is 35.5. The number of aromatic nitrogens is 2. The molecule has 0 spiro atoms. The predicted molar refractivity (Wildman–Crippen MR) is 115 cm³/mol. The lowest BCUT2D eigenvalue weighted by molar-refractivity contribution is -0.384. The van der Waals surface area contributed by atoms with E-state index in [1.807, 2.05) is 30.3 Å². The van der Waals surface area contributed by atoms with E-state index in [4.69, 9.17) is 17.0 Å². The van der Waals surface area contributed by atoms with Crippen LogP contribution in [0.4, 0.5) is 5.69 Å². The molecule has 0 radical (unpaired) electrons. The van der Waals surface area contributed by atoms with Gasteiger partial charge in [0.2, 0.25) is 5.62 Å². The van der Waals surface area contributed by atoms with Gasteiger partial charge in [-0.05, 0) is 29.3 Å². The van der Waals surface area contributed by atoms with E-state index in [-0.39, 0.29) is 23.4 Å². The fraction of sp³-hybridized carbons (Fsp3) is 0.0909. The average molecular weight is 421 g/mol. The number of nitro benzene ring substituents is 1. The molecule has 0 unspecified atom stereocenters. The van der Waals surface area contributed by atoms with Crippen LogP contribution < -0.4 is 11.2 Å². The van der Waals surface area contributed by atoms with Gasteiger partial charge in [0.1, 0.15) is 0 Å². The maximum absolute atomic E-state index is 13.1. The number of fused-ring (bicyclic) bond motifs is 1. The van der Waals surface area contributed by atoms with E-state index in [1.165, 1.54) is 16.7 Å². The molecule has 0 saturated carbocycles. The van der Waals surface area contributed by atoms with Crippen LogP contribution in [0.25, 0.3) is 10.9 Å². The fourth-order valence-corrected chi connectivity index (χ4v) is 3.60. The van der Waals surface area contributed by atoms with Crippen molar-refractivity contribution in [2.24, 2.45) is 0 Å². The minimum atomic E-state index is -0.473. The zero-order valence-electron chi connectivity index (χ0n) is 15.8. The monoisotopic (exact) mass is 420 g/mol. The van der Waals surface area contributed by atoms with Gasteiger partial charge >= 0.3 is 0 Å². The summed E-state index contributed by atoms with van der Waals surface area (Å²) in [5, 5.41) is 20.7. The lowest BCUT2D eigenvalue weighted by atomic mass is 10.2. The number of nitrogens with zero attached hydrogens (tertiary/aromatic N) is 3. The van der Waals surface area contributed by atoms with Gasteiger partial charge in [-0.1, -0.05) is 54.1 Å². The lowest BCUT2D eigenvalue weighted by Crippen LogP contribution is -2.40. The molecule has 0 aliphatic carbocycles. The van der Waals surface area contributed by atoms with Crippen molar-refractivity contribution >= 4 is 28.2 Å². The molecule has 4 aromatic rings. The summed E-state index contributed by atoms with van der Waals surface area (Å²) in [7, 11) is 0. The van der Waals surface area contributed by atoms with Crippen molar-refractivity contribution in [2.75, 3.05) is 0 Å². The maximum atomic E-state index is 13.1. The summed E-state index contributed by atoms with van der Waals surface area (Å²) < 4.78 is 3.10. The first-order chi connectivity index (χ1) is 14.5. The quantitative estimate of drug-likeness (QED) is 0.391. The van der Waals surface area contributed by atoms with E-state index >= 15 is 0 Å². The van der Waals surface area contributed by atoms with Gasteiger partial charge in [0.05, 0.1) is 28.9 Å². The van der Waals surface area contributed by atoms with Gasteiger partial charge in [0, 0.05) is 17.2 Å². The third-order valence-corrected chi connectivity index (χ3v) is 5.32. The highest BCUT2D eigenvalue weighted by molar-refractivity contribution is 6.31. The van der Waals surface area contributed by atoms with Crippen LogP contribution in [0.2, 0.25) is 5.02 Å². The summed E-state index contributed by atoms with van der Waals surface area (Å²) >= 11 is 6.32. The number of para-hydroxylation sites is 1. The third kappa shape index (κ3) is 3.62. The summed E-state index contributed by atoms with van der Waals surface area (Å²) in [6.45, 7) is 0.461. The summed E-state index contributed by atoms with van der Waals surface area (Å²) in [4.78, 5) is 23.5. The first-order valence-electron chi connectivity index (χ1n) is 9.19. The Kier molecular flexibility index (Phi) is 5.20. The Labute approximate surface area is 176 Å². The predicted octanol–water partition coefficient (Wildman–Crippen LogP) is 3.94. The highest BCUT2D eigenvalue weighted by Gasteiger charge is 2.13. The van der Waals surface area contributed by atoms with E-state index < -0.39 is 4.92 Å². The van der Waals surface area contributed by atoms with Gasteiger partial charge in [-0.25, -0.2) is 0 Å². The number of nitrogens with one attached hydrogen (secondary N) is 1. The molecule has 0 atom stereocenters. The van der Waals surface area contributed by atoms with Gasteiger partial charge in [-0.15, -0.1) is 0 Å². The van der Waals surface area contributed by atoms with E-state index in [9.17, 15) is 14.9 Å². The molecule has 150 valence electrons. The summed E-state index contributed by atoms with van der Waals surface area (Å²) in [5.74, 6) is 0. The molecule has 30 heavy (non-hydrogen) atoms. The Morgan fingerprint density at radius 2 is 1.57 bits per heavy atom. The first kappa shape index (κ1) is 19.6. The van der Waals surface area contributed by atoms with Crippen molar-refractivity contribution in [3.8, 4) is 0 Å². The van der Waals surface area contributed by atoms with Crippen molar-refractivity contribution in [1.29, 1.82) is 5.41 Å². The number of rotatable bonds is 5. The number of hydrogen-bond acceptors (Lipinski definition) is 4. The van der Waals surface area contributed by atoms with Gasteiger partial charge in [0.25, 0.3) is 11.2 Å². The molecule has 1 aromatic heterocycles. The van der Waals surface area contributed by atoms with Crippen LogP contribution in [0, 0.1) is 15.5 Å². The second-order valence-corrected chi connectivity index (χ2v) is 7.24.